The summed E-state index contributed by atoms with van der Waals surface area (Å²) in [5.74, 6) is 6.29. The number of rotatable bonds is 6. The average Bonchev–Trinajstić information content (AvgIpc) is 3.19. The Bertz CT molecular complexity index is 359. The number of ether oxygens (including phenoxy) is 1. The van der Waals surface area contributed by atoms with E-state index in [-0.39, 0.29) is 6.01 Å². The molecule has 17 heavy (non-hydrogen) atoms. The highest BCUT2D eigenvalue weighted by molar-refractivity contribution is 5.40. The summed E-state index contributed by atoms with van der Waals surface area (Å²) in [5.41, 5.74) is 2.43. The largest absolute Gasteiger partial charge is 0.467 e. The number of hydrogen-bond donors (Lipinski definition) is 2. The zero-order valence-corrected chi connectivity index (χ0v) is 10.2. The molecule has 3 N–H and O–H groups in total. The van der Waals surface area contributed by atoms with Crippen molar-refractivity contribution in [2.75, 3.05) is 24.0 Å². The molecule has 0 saturated heterocycles. The molecule has 0 bridgehead atoms. The molecule has 0 radical (unpaired) electrons. The minimum atomic E-state index is 0.282. The molecule has 0 atom stereocenters. The van der Waals surface area contributed by atoms with Crippen LogP contribution in [0, 0.1) is 0 Å². The summed E-state index contributed by atoms with van der Waals surface area (Å²) < 4.78 is 5.04. The van der Waals surface area contributed by atoms with E-state index in [2.05, 4.69) is 32.2 Å². The molecule has 0 unspecified atom stereocenters. The van der Waals surface area contributed by atoms with Crippen LogP contribution in [0.15, 0.2) is 0 Å². The standard InChI is InChI=1S/C10H18N6O/c1-3-6-16(7-4-5-7)9-12-8(15-11)13-10(14-9)17-2/h7H,3-6,11H2,1-2H3,(H,12,13,14,15). The molecule has 7 heteroatoms. The van der Waals surface area contributed by atoms with Crippen molar-refractivity contribution in [2.45, 2.75) is 32.2 Å². The molecule has 1 aromatic rings. The van der Waals surface area contributed by atoms with Crippen LogP contribution >= 0.6 is 0 Å². The monoisotopic (exact) mass is 238 g/mol. The van der Waals surface area contributed by atoms with E-state index in [9.17, 15) is 0 Å². The SMILES string of the molecule is CCCN(c1nc(NN)nc(OC)n1)C1CC1. The topological polar surface area (TPSA) is 89.2 Å². The Labute approximate surface area is 100 Å². The van der Waals surface area contributed by atoms with Gasteiger partial charge in [0.25, 0.3) is 0 Å². The number of nitrogen functional groups attached to an aromatic ring is 1. The molecule has 2 rings (SSSR count). The Morgan fingerprint density at radius 3 is 2.71 bits per heavy atom. The van der Waals surface area contributed by atoms with Gasteiger partial charge in [0.05, 0.1) is 7.11 Å². The van der Waals surface area contributed by atoms with Crippen LogP contribution in [-0.2, 0) is 0 Å². The van der Waals surface area contributed by atoms with Crippen LogP contribution in [0.25, 0.3) is 0 Å². The number of nitrogens with zero attached hydrogens (tertiary/aromatic N) is 4. The third kappa shape index (κ3) is 2.73. The fourth-order valence-electron chi connectivity index (χ4n) is 1.70. The molecule has 1 saturated carbocycles. The molecule has 0 spiro atoms. The normalized spacial score (nSPS) is 14.5. The van der Waals surface area contributed by atoms with Crippen molar-refractivity contribution in [2.24, 2.45) is 5.84 Å². The second-order valence-corrected chi connectivity index (χ2v) is 4.01. The van der Waals surface area contributed by atoms with Crippen molar-refractivity contribution in [3.05, 3.63) is 0 Å². The van der Waals surface area contributed by atoms with E-state index in [0.29, 0.717) is 17.9 Å². The van der Waals surface area contributed by atoms with Gasteiger partial charge in [0.2, 0.25) is 11.9 Å². The Hall–Kier alpha value is -1.63. The van der Waals surface area contributed by atoms with Crippen molar-refractivity contribution in [3.63, 3.8) is 0 Å². The molecule has 0 amide bonds. The maximum Gasteiger partial charge on any atom is 0.322 e. The highest BCUT2D eigenvalue weighted by Crippen LogP contribution is 2.30. The second kappa shape index (κ2) is 5.13. The van der Waals surface area contributed by atoms with Crippen molar-refractivity contribution in [1.29, 1.82) is 0 Å². The molecule has 1 aliphatic carbocycles. The molecule has 1 aromatic heterocycles. The fraction of sp³-hybridized carbons (Fsp3) is 0.700. The van der Waals surface area contributed by atoms with Crippen LogP contribution < -0.4 is 20.9 Å². The van der Waals surface area contributed by atoms with Crippen molar-refractivity contribution in [3.8, 4) is 6.01 Å². The highest BCUT2D eigenvalue weighted by Gasteiger charge is 2.30. The number of aromatic nitrogens is 3. The lowest BCUT2D eigenvalue weighted by atomic mass is 10.4. The first-order valence-electron chi connectivity index (χ1n) is 5.81. The van der Waals surface area contributed by atoms with Crippen LogP contribution in [0.3, 0.4) is 0 Å². The molecule has 7 nitrogen and oxygen atoms in total. The summed E-state index contributed by atoms with van der Waals surface area (Å²) in [6.45, 7) is 3.07. The third-order valence-corrected chi connectivity index (χ3v) is 2.62. The number of anilines is 2. The van der Waals surface area contributed by atoms with E-state index in [4.69, 9.17) is 10.6 Å². The van der Waals surface area contributed by atoms with Gasteiger partial charge in [-0.2, -0.15) is 15.0 Å². The Balaban J connectivity index is 2.27. The minimum absolute atomic E-state index is 0.282. The summed E-state index contributed by atoms with van der Waals surface area (Å²) in [7, 11) is 1.53. The van der Waals surface area contributed by atoms with E-state index < -0.39 is 0 Å². The van der Waals surface area contributed by atoms with Gasteiger partial charge in [-0.1, -0.05) is 6.92 Å². The van der Waals surface area contributed by atoms with Gasteiger partial charge in [-0.15, -0.1) is 0 Å². The summed E-state index contributed by atoms with van der Waals surface area (Å²) in [5, 5.41) is 0. The summed E-state index contributed by atoms with van der Waals surface area (Å²) >= 11 is 0. The first kappa shape index (κ1) is 11.8. The summed E-state index contributed by atoms with van der Waals surface area (Å²) in [6.07, 6.45) is 3.44. The van der Waals surface area contributed by atoms with E-state index >= 15 is 0 Å². The number of methoxy groups -OCH3 is 1. The Kier molecular flexibility index (Phi) is 3.58. The maximum atomic E-state index is 5.33. The molecule has 94 valence electrons. The average molecular weight is 238 g/mol. The van der Waals surface area contributed by atoms with Crippen molar-refractivity contribution in [1.82, 2.24) is 15.0 Å². The molecule has 1 aliphatic rings. The number of nitrogens with one attached hydrogen (secondary N) is 1. The van der Waals surface area contributed by atoms with E-state index in [1.165, 1.54) is 20.0 Å². The van der Waals surface area contributed by atoms with Gasteiger partial charge in [-0.3, -0.25) is 5.43 Å². The second-order valence-electron chi connectivity index (χ2n) is 4.01. The first-order valence-corrected chi connectivity index (χ1v) is 5.81. The lowest BCUT2D eigenvalue weighted by Crippen LogP contribution is -2.29. The number of nitrogens with two attached hydrogens (primary N) is 1. The van der Waals surface area contributed by atoms with Gasteiger partial charge in [-0.25, -0.2) is 5.84 Å². The van der Waals surface area contributed by atoms with Crippen LogP contribution in [0.5, 0.6) is 6.01 Å². The minimum Gasteiger partial charge on any atom is -0.467 e. The van der Waals surface area contributed by atoms with Gasteiger partial charge in [0, 0.05) is 12.6 Å². The first-order chi connectivity index (χ1) is 8.28. The zero-order chi connectivity index (χ0) is 12.3. The quantitative estimate of drug-likeness (QED) is 0.552. The molecular weight excluding hydrogens is 220 g/mol. The van der Waals surface area contributed by atoms with Gasteiger partial charge < -0.3 is 9.64 Å². The van der Waals surface area contributed by atoms with Crippen molar-refractivity contribution < 1.29 is 4.74 Å². The van der Waals surface area contributed by atoms with Gasteiger partial charge in [-0.05, 0) is 19.3 Å². The van der Waals surface area contributed by atoms with Crippen LogP contribution in [-0.4, -0.2) is 34.6 Å². The fourth-order valence-corrected chi connectivity index (χ4v) is 1.70. The number of hydrazine groups is 1. The molecular formula is C10H18N6O. The Morgan fingerprint density at radius 1 is 1.41 bits per heavy atom. The third-order valence-electron chi connectivity index (χ3n) is 2.62. The van der Waals surface area contributed by atoms with Crippen LogP contribution in [0.4, 0.5) is 11.9 Å². The molecule has 1 fully saturated rings. The highest BCUT2D eigenvalue weighted by atomic mass is 16.5. The molecule has 0 aromatic carbocycles. The van der Waals surface area contributed by atoms with Crippen molar-refractivity contribution >= 4 is 11.9 Å². The van der Waals surface area contributed by atoms with Gasteiger partial charge in [0.1, 0.15) is 0 Å². The predicted molar refractivity (Wildman–Crippen MR) is 64.8 cm³/mol. The van der Waals surface area contributed by atoms with E-state index in [1.54, 1.807) is 0 Å². The Morgan fingerprint density at radius 2 is 2.18 bits per heavy atom. The molecule has 0 aliphatic heterocycles. The lowest BCUT2D eigenvalue weighted by molar-refractivity contribution is 0.378. The lowest BCUT2D eigenvalue weighted by Gasteiger charge is -2.21. The van der Waals surface area contributed by atoms with Crippen LogP contribution in [0.1, 0.15) is 26.2 Å². The van der Waals surface area contributed by atoms with Gasteiger partial charge in [0.15, 0.2) is 0 Å². The maximum absolute atomic E-state index is 5.33. The van der Waals surface area contributed by atoms with E-state index in [1.807, 2.05) is 0 Å². The number of hydrogen-bond acceptors (Lipinski definition) is 7. The smallest absolute Gasteiger partial charge is 0.322 e. The molecule has 1 heterocycles. The summed E-state index contributed by atoms with van der Waals surface area (Å²) in [6, 6.07) is 0.831. The zero-order valence-electron chi connectivity index (χ0n) is 10.2. The van der Waals surface area contributed by atoms with Gasteiger partial charge >= 0.3 is 6.01 Å². The van der Waals surface area contributed by atoms with Crippen LogP contribution in [0.2, 0.25) is 0 Å². The van der Waals surface area contributed by atoms with E-state index in [0.717, 1.165) is 13.0 Å². The predicted octanol–water partition coefficient (Wildman–Crippen LogP) is 0.545. The summed E-state index contributed by atoms with van der Waals surface area (Å²) in [4.78, 5) is 14.7.